The molecule has 0 amide bonds. The van der Waals surface area contributed by atoms with Crippen molar-refractivity contribution in [1.82, 2.24) is 0 Å². The summed E-state index contributed by atoms with van der Waals surface area (Å²) in [6.45, 7) is 21.9. The van der Waals surface area contributed by atoms with Crippen molar-refractivity contribution in [3.63, 3.8) is 0 Å². The van der Waals surface area contributed by atoms with Crippen LogP contribution >= 0.6 is 0 Å². The summed E-state index contributed by atoms with van der Waals surface area (Å²) < 4.78 is 38.5. The van der Waals surface area contributed by atoms with Crippen LogP contribution in [0.25, 0.3) is 0 Å². The van der Waals surface area contributed by atoms with E-state index in [1.165, 1.54) is 0 Å². The molecule has 2 saturated carbocycles. The zero-order chi connectivity index (χ0) is 40.0. The van der Waals surface area contributed by atoms with Crippen molar-refractivity contribution in [2.24, 2.45) is 16.7 Å². The molecule has 0 aromatic heterocycles. The Labute approximate surface area is 332 Å². The van der Waals surface area contributed by atoms with Crippen LogP contribution in [0, 0.1) is 16.7 Å². The van der Waals surface area contributed by atoms with Gasteiger partial charge in [0.25, 0.3) is 0 Å². The molecule has 7 nitrogen and oxygen atoms in total. The lowest BCUT2D eigenvalue weighted by atomic mass is 9.63. The maximum atomic E-state index is 12.7. The number of ether oxygens (including phenoxy) is 5. The highest BCUT2D eigenvalue weighted by molar-refractivity contribution is 6.74. The van der Waals surface area contributed by atoms with Crippen LogP contribution in [0.4, 0.5) is 0 Å². The van der Waals surface area contributed by atoms with Crippen molar-refractivity contribution in [2.45, 2.75) is 116 Å². The Morgan fingerprint density at radius 3 is 1.98 bits per heavy atom. The van der Waals surface area contributed by atoms with Gasteiger partial charge in [0.15, 0.2) is 8.32 Å². The Kier molecular flexibility index (Phi) is 13.6. The van der Waals surface area contributed by atoms with Gasteiger partial charge in [0, 0.05) is 12.0 Å². The second-order valence-corrected chi connectivity index (χ2v) is 22.5. The largest absolute Gasteiger partial charge is 0.497 e. The third-order valence-electron chi connectivity index (χ3n) is 13.3. The van der Waals surface area contributed by atoms with Gasteiger partial charge in [-0.2, -0.15) is 0 Å². The zero-order valence-corrected chi connectivity index (χ0v) is 35.9. The van der Waals surface area contributed by atoms with Crippen molar-refractivity contribution in [3.8, 4) is 11.5 Å². The van der Waals surface area contributed by atoms with Gasteiger partial charge in [-0.25, -0.2) is 0 Å². The van der Waals surface area contributed by atoms with E-state index in [4.69, 9.17) is 28.1 Å². The fourth-order valence-electron chi connectivity index (χ4n) is 8.47. The van der Waals surface area contributed by atoms with E-state index >= 15 is 0 Å². The molecule has 3 aromatic rings. The summed E-state index contributed by atoms with van der Waals surface area (Å²) in [5.74, 6) is 1.96. The smallest absolute Gasteiger partial charge is 0.191 e. The predicted octanol–water partition coefficient (Wildman–Crippen LogP) is 10.5. The van der Waals surface area contributed by atoms with Gasteiger partial charge < -0.3 is 33.2 Å². The van der Waals surface area contributed by atoms with Crippen LogP contribution in [-0.2, 0) is 38.5 Å². The number of fused-ring (bicyclic) bond motifs is 2. The van der Waals surface area contributed by atoms with E-state index in [0.717, 1.165) is 41.0 Å². The van der Waals surface area contributed by atoms with Crippen LogP contribution in [0.3, 0.4) is 0 Å². The fourth-order valence-corrected chi connectivity index (χ4v) is 9.54. The van der Waals surface area contributed by atoms with Crippen molar-refractivity contribution in [3.05, 3.63) is 120 Å². The van der Waals surface area contributed by atoms with Gasteiger partial charge in [0.2, 0.25) is 0 Å². The van der Waals surface area contributed by atoms with Crippen molar-refractivity contribution >= 4 is 8.32 Å². The van der Waals surface area contributed by atoms with Gasteiger partial charge in [0.1, 0.15) is 17.1 Å². The standard InChI is InChI=1S/C47H66O7Si/c1-11-46-27-25-39(44(46,5)6)31-47(46,48)29-28-45(53-34-36-15-13-12-14-16-36,35-51-32-37-17-21-40(49-7)22-18-37)42(26-30-54-55(9,10)43(2,3)4)52-33-38-19-23-41(50-8)24-20-38/h11-24,28-29,39,42,48H,1,25-27,30-35H2,2-10H3/b29-28-/t39?,42-,45+,46?,47-/m1/s1. The first-order chi connectivity index (χ1) is 26.0. The van der Waals surface area contributed by atoms with E-state index in [0.29, 0.717) is 45.2 Å². The highest BCUT2D eigenvalue weighted by atomic mass is 28.4. The number of aliphatic hydroxyl groups is 1. The molecule has 5 atom stereocenters. The minimum atomic E-state index is -2.09. The van der Waals surface area contributed by atoms with Gasteiger partial charge in [-0.1, -0.05) is 101 Å². The lowest BCUT2D eigenvalue weighted by molar-refractivity contribution is -0.166. The molecule has 1 N–H and O–H groups in total. The average molecular weight is 771 g/mol. The van der Waals surface area contributed by atoms with E-state index in [1.54, 1.807) is 14.2 Å². The van der Waals surface area contributed by atoms with Crippen LogP contribution in [-0.4, -0.2) is 58.2 Å². The summed E-state index contributed by atoms with van der Waals surface area (Å²) in [7, 11) is 1.24. The molecule has 2 fully saturated rings. The summed E-state index contributed by atoms with van der Waals surface area (Å²) in [6, 6.07) is 26.1. The summed E-state index contributed by atoms with van der Waals surface area (Å²) in [5, 5.41) is 12.8. The van der Waals surface area contributed by atoms with Gasteiger partial charge >= 0.3 is 0 Å². The number of methoxy groups -OCH3 is 2. The normalized spacial score (nSPS) is 23.8. The van der Waals surface area contributed by atoms with Gasteiger partial charge in [0.05, 0.1) is 52.4 Å². The molecule has 0 spiro atoms. The van der Waals surface area contributed by atoms with Crippen LogP contribution < -0.4 is 9.47 Å². The molecule has 2 aliphatic rings. The monoisotopic (exact) mass is 770 g/mol. The van der Waals surface area contributed by atoms with Crippen LogP contribution in [0.2, 0.25) is 18.1 Å². The minimum absolute atomic E-state index is 0.0472. The zero-order valence-electron chi connectivity index (χ0n) is 34.9. The number of hydrogen-bond acceptors (Lipinski definition) is 7. The molecule has 0 radical (unpaired) electrons. The maximum Gasteiger partial charge on any atom is 0.191 e. The summed E-state index contributed by atoms with van der Waals surface area (Å²) in [4.78, 5) is 0. The number of hydrogen-bond donors (Lipinski definition) is 1. The molecule has 5 rings (SSSR count). The molecule has 2 aliphatic carbocycles. The Morgan fingerprint density at radius 2 is 1.44 bits per heavy atom. The Balaban J connectivity index is 1.58. The van der Waals surface area contributed by atoms with E-state index in [1.807, 2.05) is 78.9 Å². The van der Waals surface area contributed by atoms with Crippen molar-refractivity contribution in [1.29, 1.82) is 0 Å². The highest BCUT2D eigenvalue weighted by Crippen LogP contribution is 2.70. The second-order valence-electron chi connectivity index (χ2n) is 17.7. The van der Waals surface area contributed by atoms with Gasteiger partial charge in [-0.05, 0) is 102 Å². The van der Waals surface area contributed by atoms with Crippen molar-refractivity contribution < 1.29 is 33.2 Å². The van der Waals surface area contributed by atoms with E-state index in [2.05, 4.69) is 72.5 Å². The molecule has 3 aromatic carbocycles. The molecule has 0 heterocycles. The molecule has 300 valence electrons. The van der Waals surface area contributed by atoms with Crippen LogP contribution in [0.5, 0.6) is 11.5 Å². The fraction of sp³-hybridized carbons (Fsp3) is 0.532. The molecule has 0 saturated heterocycles. The molecular formula is C47H66O7Si. The first kappa shape index (κ1) is 42.9. The Hall–Kier alpha value is -3.24. The molecule has 55 heavy (non-hydrogen) atoms. The third-order valence-corrected chi connectivity index (χ3v) is 17.8. The molecule has 0 aliphatic heterocycles. The SMILES string of the molecule is C=CC12CCC(C[C@]1(O)/C=C\[C@@](COCc1ccc(OC)cc1)(OCc1ccccc1)[C@@H](CCO[Si](C)(C)C(C)(C)C)OCc1ccc(OC)cc1)C2(C)C. The summed E-state index contributed by atoms with van der Waals surface area (Å²) in [6.07, 6.45) is 8.76. The maximum absolute atomic E-state index is 12.7. The van der Waals surface area contributed by atoms with E-state index < -0.39 is 31.0 Å². The van der Waals surface area contributed by atoms with Gasteiger partial charge in [-0.3, -0.25) is 0 Å². The van der Waals surface area contributed by atoms with Crippen molar-refractivity contribution in [2.75, 3.05) is 27.4 Å². The molecule has 2 bridgehead atoms. The lowest BCUT2D eigenvalue weighted by Gasteiger charge is -2.45. The Bertz CT molecular complexity index is 1700. The molecule has 2 unspecified atom stereocenters. The van der Waals surface area contributed by atoms with Crippen LogP contribution in [0.1, 0.15) is 77.0 Å². The summed E-state index contributed by atoms with van der Waals surface area (Å²) >= 11 is 0. The topological polar surface area (TPSA) is 75.6 Å². The van der Waals surface area contributed by atoms with Crippen LogP contribution in [0.15, 0.2) is 104 Å². The lowest BCUT2D eigenvalue weighted by Crippen LogP contribution is -2.51. The van der Waals surface area contributed by atoms with Gasteiger partial charge in [-0.15, -0.1) is 6.58 Å². The average Bonchev–Trinajstić information content (AvgIpc) is 3.52. The third kappa shape index (κ3) is 9.32. The summed E-state index contributed by atoms with van der Waals surface area (Å²) in [5.41, 5.74) is 0.249. The van der Waals surface area contributed by atoms with E-state index in [9.17, 15) is 5.11 Å². The molecule has 8 heteroatoms. The van der Waals surface area contributed by atoms with E-state index in [-0.39, 0.29) is 17.1 Å². The quantitative estimate of drug-likeness (QED) is 0.0906. The molecular weight excluding hydrogens is 705 g/mol. The number of benzene rings is 3. The minimum Gasteiger partial charge on any atom is -0.497 e. The Morgan fingerprint density at radius 1 is 0.855 bits per heavy atom. The highest BCUT2D eigenvalue weighted by Gasteiger charge is 2.68. The number of rotatable bonds is 20. The first-order valence-electron chi connectivity index (χ1n) is 19.9. The first-order valence-corrected chi connectivity index (χ1v) is 22.8. The second kappa shape index (κ2) is 17.5. The predicted molar refractivity (Wildman–Crippen MR) is 224 cm³/mol.